The van der Waals surface area contributed by atoms with E-state index in [1.807, 2.05) is 60.8 Å². The molecule has 0 saturated carbocycles. The van der Waals surface area contributed by atoms with Gasteiger partial charge in [0.15, 0.2) is 0 Å². The minimum Gasteiger partial charge on any atom is -0.240 e. The van der Waals surface area contributed by atoms with Crippen LogP contribution >= 0.6 is 11.3 Å². The largest absolute Gasteiger partial charge is 0.242 e. The van der Waals surface area contributed by atoms with Crippen LogP contribution in [0.1, 0.15) is 10.6 Å². The molecule has 2 aromatic heterocycles. The summed E-state index contributed by atoms with van der Waals surface area (Å²) in [5.41, 5.74) is 4.21. The average Bonchev–Trinajstić information content (AvgIpc) is 3.52. The van der Waals surface area contributed by atoms with Crippen LogP contribution in [-0.4, -0.2) is 41.6 Å². The summed E-state index contributed by atoms with van der Waals surface area (Å²) in [6.45, 7) is 0. The van der Waals surface area contributed by atoms with Gasteiger partial charge in [-0.05, 0) is 42.5 Å². The van der Waals surface area contributed by atoms with Crippen LogP contribution < -0.4 is 0 Å². The van der Waals surface area contributed by atoms with Crippen molar-refractivity contribution in [3.63, 3.8) is 0 Å². The van der Waals surface area contributed by atoms with Gasteiger partial charge in [0.05, 0.1) is 32.1 Å². The summed E-state index contributed by atoms with van der Waals surface area (Å²) < 4.78 is 28.9. The summed E-state index contributed by atoms with van der Waals surface area (Å²) in [5, 5.41) is 15.4. The van der Waals surface area contributed by atoms with Crippen molar-refractivity contribution in [1.29, 1.82) is 5.26 Å². The van der Waals surface area contributed by atoms with Gasteiger partial charge in [-0.1, -0.05) is 42.5 Å². The molecule has 3 aromatic carbocycles. The van der Waals surface area contributed by atoms with Crippen molar-refractivity contribution in [3.05, 3.63) is 95.6 Å². The highest BCUT2D eigenvalue weighted by Gasteiger charge is 2.19. The maximum absolute atomic E-state index is 12.5. The fraction of sp³-hybridized carbons (Fsp3) is 0.0741. The number of aromatic nitrogens is 3. The summed E-state index contributed by atoms with van der Waals surface area (Å²) in [6.07, 6.45) is 3.64. The second-order valence-corrected chi connectivity index (χ2v) is 11.4. The number of hydrogen-bond acceptors (Lipinski definition) is 6. The molecule has 5 rings (SSSR count). The molecule has 7 nitrogen and oxygen atoms in total. The Bertz CT molecular complexity index is 1690. The van der Waals surface area contributed by atoms with E-state index in [1.165, 1.54) is 29.7 Å². The Labute approximate surface area is 213 Å². The first-order chi connectivity index (χ1) is 17.4. The number of nitriles is 1. The number of hydrogen-bond donors (Lipinski definition) is 0. The number of allylic oxidation sites excluding steroid dienone is 1. The minimum atomic E-state index is -3.55. The van der Waals surface area contributed by atoms with Gasteiger partial charge in [-0.3, -0.25) is 0 Å². The molecule has 0 radical (unpaired) electrons. The van der Waals surface area contributed by atoms with Crippen molar-refractivity contribution in [2.24, 2.45) is 0 Å². The van der Waals surface area contributed by atoms with Crippen molar-refractivity contribution in [2.75, 3.05) is 14.1 Å². The topological polar surface area (TPSA) is 91.9 Å². The molecule has 0 bridgehead atoms. The molecule has 0 aliphatic rings. The Hall–Kier alpha value is -4.10. The van der Waals surface area contributed by atoms with Crippen molar-refractivity contribution in [2.45, 2.75) is 4.90 Å². The summed E-state index contributed by atoms with van der Waals surface area (Å²) >= 11 is 1.46. The highest BCUT2D eigenvalue weighted by atomic mass is 32.2. The molecule has 9 heteroatoms. The molecule has 178 valence electrons. The Balaban J connectivity index is 1.63. The SMILES string of the molecule is CN(C)S(=O)(=O)c1ccc(-c2nn(-c3ccccc3)cc2/C=C(\C#N)c2nc3ccccc3s2)cc1. The van der Waals surface area contributed by atoms with Gasteiger partial charge in [0, 0.05) is 31.4 Å². The average molecular weight is 512 g/mol. The fourth-order valence-corrected chi connectivity index (χ4v) is 5.54. The molecule has 0 fully saturated rings. The zero-order valence-corrected chi connectivity index (χ0v) is 21.2. The van der Waals surface area contributed by atoms with E-state index in [0.29, 0.717) is 16.3 Å². The first kappa shape index (κ1) is 23.6. The molecule has 0 spiro atoms. The number of fused-ring (bicyclic) bond motifs is 1. The highest BCUT2D eigenvalue weighted by molar-refractivity contribution is 7.89. The van der Waals surface area contributed by atoms with Gasteiger partial charge in [-0.2, -0.15) is 10.4 Å². The lowest BCUT2D eigenvalue weighted by atomic mass is 10.1. The van der Waals surface area contributed by atoms with Gasteiger partial charge in [-0.25, -0.2) is 22.4 Å². The predicted octanol–water partition coefficient (Wildman–Crippen LogP) is 5.46. The molecular weight excluding hydrogens is 490 g/mol. The first-order valence-electron chi connectivity index (χ1n) is 11.0. The lowest BCUT2D eigenvalue weighted by molar-refractivity contribution is 0.521. The van der Waals surface area contributed by atoms with E-state index in [1.54, 1.807) is 35.0 Å². The van der Waals surface area contributed by atoms with E-state index in [2.05, 4.69) is 11.1 Å². The van der Waals surface area contributed by atoms with Crippen LogP contribution in [-0.2, 0) is 10.0 Å². The molecule has 0 saturated heterocycles. The second kappa shape index (κ2) is 9.51. The smallest absolute Gasteiger partial charge is 0.240 e. The third-order valence-corrected chi connectivity index (χ3v) is 8.51. The Kier molecular flexibility index (Phi) is 6.24. The molecule has 0 amide bonds. The molecule has 0 aliphatic carbocycles. The van der Waals surface area contributed by atoms with Crippen molar-refractivity contribution in [1.82, 2.24) is 19.1 Å². The zero-order valence-electron chi connectivity index (χ0n) is 19.5. The van der Waals surface area contributed by atoms with Gasteiger partial charge in [0.1, 0.15) is 11.1 Å². The Morgan fingerprint density at radius 2 is 1.69 bits per heavy atom. The molecule has 0 unspecified atom stereocenters. The van der Waals surface area contributed by atoms with Crippen LogP contribution in [0.25, 0.3) is 38.8 Å². The van der Waals surface area contributed by atoms with Crippen LogP contribution in [0.5, 0.6) is 0 Å². The van der Waals surface area contributed by atoms with E-state index in [4.69, 9.17) is 5.10 Å². The zero-order chi connectivity index (χ0) is 25.3. The third-order valence-electron chi connectivity index (χ3n) is 5.61. The van der Waals surface area contributed by atoms with Gasteiger partial charge in [0.25, 0.3) is 0 Å². The van der Waals surface area contributed by atoms with E-state index in [-0.39, 0.29) is 4.90 Å². The number of benzene rings is 3. The monoisotopic (exact) mass is 511 g/mol. The van der Waals surface area contributed by atoms with E-state index in [0.717, 1.165) is 27.0 Å². The molecule has 0 N–H and O–H groups in total. The number of rotatable bonds is 6. The van der Waals surface area contributed by atoms with Crippen LogP contribution in [0.3, 0.4) is 0 Å². The fourth-order valence-electron chi connectivity index (χ4n) is 3.71. The van der Waals surface area contributed by atoms with Gasteiger partial charge < -0.3 is 0 Å². The van der Waals surface area contributed by atoms with E-state index in [9.17, 15) is 13.7 Å². The molecule has 0 aliphatic heterocycles. The van der Waals surface area contributed by atoms with Crippen LogP contribution in [0.15, 0.2) is 90.0 Å². The Morgan fingerprint density at radius 3 is 2.36 bits per heavy atom. The Morgan fingerprint density at radius 1 is 1.00 bits per heavy atom. The molecule has 5 aromatic rings. The maximum atomic E-state index is 12.5. The standard InChI is InChI=1S/C27H21N5O2S2/c1-31(2)36(33,34)23-14-12-19(13-15-23)26-21(18-32(30-26)22-8-4-3-5-9-22)16-20(17-28)27-29-24-10-6-7-11-25(24)35-27/h3-16,18H,1-2H3/b20-16+. The second-order valence-electron chi connectivity index (χ2n) is 8.18. The number of thiazole rings is 1. The van der Waals surface area contributed by atoms with Crippen LogP contribution in [0.2, 0.25) is 0 Å². The normalized spacial score (nSPS) is 12.2. The van der Waals surface area contributed by atoms with Crippen LogP contribution in [0.4, 0.5) is 0 Å². The third kappa shape index (κ3) is 4.45. The van der Waals surface area contributed by atoms with Gasteiger partial charge in [0.2, 0.25) is 10.0 Å². The molecule has 2 heterocycles. The van der Waals surface area contributed by atoms with Crippen LogP contribution in [0, 0.1) is 11.3 Å². The molecule has 36 heavy (non-hydrogen) atoms. The minimum absolute atomic E-state index is 0.197. The summed E-state index contributed by atoms with van der Waals surface area (Å²) in [7, 11) is -0.551. The maximum Gasteiger partial charge on any atom is 0.242 e. The number of nitrogens with zero attached hydrogens (tertiary/aromatic N) is 5. The van der Waals surface area contributed by atoms with Crippen molar-refractivity contribution >= 4 is 43.2 Å². The van der Waals surface area contributed by atoms with Gasteiger partial charge >= 0.3 is 0 Å². The number of sulfonamides is 1. The van der Waals surface area contributed by atoms with E-state index >= 15 is 0 Å². The van der Waals surface area contributed by atoms with Crippen molar-refractivity contribution < 1.29 is 8.42 Å². The summed E-state index contributed by atoms with van der Waals surface area (Å²) in [5.74, 6) is 0. The molecular formula is C27H21N5O2S2. The highest BCUT2D eigenvalue weighted by Crippen LogP contribution is 2.31. The first-order valence-corrected chi connectivity index (χ1v) is 13.3. The lowest BCUT2D eigenvalue weighted by Crippen LogP contribution is -2.22. The lowest BCUT2D eigenvalue weighted by Gasteiger charge is -2.11. The van der Waals surface area contributed by atoms with Crippen molar-refractivity contribution in [3.8, 4) is 23.0 Å². The van der Waals surface area contributed by atoms with Gasteiger partial charge in [-0.15, -0.1) is 11.3 Å². The molecule has 0 atom stereocenters. The van der Waals surface area contributed by atoms with E-state index < -0.39 is 10.0 Å². The quantitative estimate of drug-likeness (QED) is 0.282. The summed E-state index contributed by atoms with van der Waals surface area (Å²) in [6, 6.07) is 26.3. The predicted molar refractivity (Wildman–Crippen MR) is 143 cm³/mol. The number of para-hydroxylation sites is 2. The summed E-state index contributed by atoms with van der Waals surface area (Å²) in [4.78, 5) is 4.83.